The molecule has 2 atom stereocenters. The smallest absolute Gasteiger partial charge is 0.329 e. The number of amides is 2. The average molecular weight is 856 g/mol. The van der Waals surface area contributed by atoms with Crippen LogP contribution in [0.5, 0.6) is 0 Å². The normalized spacial score (nSPS) is 19.2. The number of imide groups is 1. The molecule has 2 aromatic carbocycles. The molecule has 6 aromatic rings. The van der Waals surface area contributed by atoms with Gasteiger partial charge >= 0.3 is 5.69 Å². The number of benzene rings is 2. The molecule has 17 nitrogen and oxygen atoms in total. The first-order valence-corrected chi connectivity index (χ1v) is 21.8. The van der Waals surface area contributed by atoms with Gasteiger partial charge in [-0.05, 0) is 86.1 Å². The van der Waals surface area contributed by atoms with Crippen molar-refractivity contribution in [3.8, 4) is 5.82 Å². The summed E-state index contributed by atoms with van der Waals surface area (Å²) in [5.41, 5.74) is 5.03. The van der Waals surface area contributed by atoms with Crippen molar-refractivity contribution in [2.45, 2.75) is 70.1 Å². The summed E-state index contributed by atoms with van der Waals surface area (Å²) in [5, 5.41) is 17.3. The third-order valence-electron chi connectivity index (χ3n) is 12.8. The van der Waals surface area contributed by atoms with Gasteiger partial charge in [0.05, 0.1) is 29.9 Å². The summed E-state index contributed by atoms with van der Waals surface area (Å²) in [6.45, 7) is 11.7. The fourth-order valence-electron chi connectivity index (χ4n) is 9.34. The number of rotatable bonds is 15. The number of hydrogen-bond donors (Lipinski definition) is 3. The van der Waals surface area contributed by atoms with E-state index < -0.39 is 17.6 Å². The number of carbonyl (C=O) groups is 2. The number of aliphatic hydroxyl groups is 1. The number of carbonyl (C=O) groups excluding carboxylic acids is 2. The Kier molecular flexibility index (Phi) is 11.6. The summed E-state index contributed by atoms with van der Waals surface area (Å²) in [6.07, 6.45) is 7.15. The fourth-order valence-corrected chi connectivity index (χ4v) is 9.34. The van der Waals surface area contributed by atoms with Gasteiger partial charge in [-0.3, -0.25) is 33.7 Å². The van der Waals surface area contributed by atoms with Crippen LogP contribution in [0.1, 0.15) is 61.9 Å². The lowest BCUT2D eigenvalue weighted by molar-refractivity contribution is -0.135. The largest absolute Gasteiger partial charge is 0.384 e. The number of piperazine rings is 1. The summed E-state index contributed by atoms with van der Waals surface area (Å²) in [4.78, 5) is 70.0. The Morgan fingerprint density at radius 2 is 1.81 bits per heavy atom. The summed E-state index contributed by atoms with van der Waals surface area (Å²) >= 11 is 0. The molecule has 9 rings (SSSR count). The van der Waals surface area contributed by atoms with Crippen molar-refractivity contribution in [2.24, 2.45) is 7.05 Å². The highest BCUT2D eigenvalue weighted by Crippen LogP contribution is 2.38. The van der Waals surface area contributed by atoms with Gasteiger partial charge in [0.2, 0.25) is 17.8 Å². The SMILES string of the molecule is C=CCn1c(=O)c2cnc(Nc3ccc(N4CCN(CCOCCCc5cccc6c5n(C)c(=O)n6C5CCC(=O)NC5=O)CC4)cc3)nc2n1-c1ccc2c(n1)[C@@](O)(CC)CC2. The molecule has 0 saturated carbocycles. The minimum atomic E-state index is -1.00. The van der Waals surface area contributed by atoms with Crippen LogP contribution in [-0.2, 0) is 46.4 Å². The molecule has 2 saturated heterocycles. The lowest BCUT2D eigenvalue weighted by Gasteiger charge is -2.36. The van der Waals surface area contributed by atoms with Crippen LogP contribution >= 0.6 is 0 Å². The van der Waals surface area contributed by atoms with Crippen molar-refractivity contribution < 1.29 is 19.4 Å². The number of allylic oxidation sites excluding steroid dienone is 1. The molecular formula is C46H53N11O6. The monoisotopic (exact) mass is 855 g/mol. The number of aromatic nitrogens is 7. The lowest BCUT2D eigenvalue weighted by atomic mass is 9.98. The fraction of sp³-hybridized carbons (Fsp3) is 0.413. The molecule has 4 aromatic heterocycles. The number of nitrogens with zero attached hydrogens (tertiary/aromatic N) is 9. The Hall–Kier alpha value is -6.43. The van der Waals surface area contributed by atoms with Gasteiger partial charge in [-0.15, -0.1) is 6.58 Å². The molecule has 6 heterocycles. The number of anilines is 3. The first kappa shape index (κ1) is 41.9. The Morgan fingerprint density at radius 1 is 1.00 bits per heavy atom. The molecule has 328 valence electrons. The minimum absolute atomic E-state index is 0.207. The van der Waals surface area contributed by atoms with Crippen LogP contribution in [0.4, 0.5) is 17.3 Å². The second kappa shape index (κ2) is 17.4. The predicted molar refractivity (Wildman–Crippen MR) is 240 cm³/mol. The number of para-hydroxylation sites is 1. The van der Waals surface area contributed by atoms with Crippen LogP contribution in [0.15, 0.2) is 83.0 Å². The molecule has 2 amide bonds. The molecule has 0 spiro atoms. The van der Waals surface area contributed by atoms with Gasteiger partial charge in [0.25, 0.3) is 5.56 Å². The number of imidazole rings is 1. The van der Waals surface area contributed by atoms with E-state index in [0.29, 0.717) is 66.5 Å². The third-order valence-corrected chi connectivity index (χ3v) is 12.8. The van der Waals surface area contributed by atoms with Crippen LogP contribution in [0.25, 0.3) is 27.9 Å². The maximum Gasteiger partial charge on any atom is 0.329 e. The van der Waals surface area contributed by atoms with E-state index in [1.165, 1.54) is 15.4 Å². The van der Waals surface area contributed by atoms with Gasteiger partial charge in [-0.2, -0.15) is 4.98 Å². The molecule has 1 aliphatic carbocycles. The Bertz CT molecular complexity index is 2830. The van der Waals surface area contributed by atoms with E-state index in [0.717, 1.165) is 80.0 Å². The minimum Gasteiger partial charge on any atom is -0.384 e. The predicted octanol–water partition coefficient (Wildman–Crippen LogP) is 3.85. The molecule has 2 aliphatic heterocycles. The van der Waals surface area contributed by atoms with Crippen LogP contribution in [0, 0.1) is 0 Å². The molecule has 3 N–H and O–H groups in total. The summed E-state index contributed by atoms with van der Waals surface area (Å²) < 4.78 is 12.4. The summed E-state index contributed by atoms with van der Waals surface area (Å²) in [5.74, 6) is 0.0958. The highest BCUT2D eigenvalue weighted by Gasteiger charge is 2.37. The van der Waals surface area contributed by atoms with Crippen molar-refractivity contribution in [2.75, 3.05) is 56.2 Å². The number of ether oxygens (including phenoxy) is 1. The van der Waals surface area contributed by atoms with Crippen molar-refractivity contribution >= 4 is 51.2 Å². The first-order valence-electron chi connectivity index (χ1n) is 21.8. The lowest BCUT2D eigenvalue weighted by Crippen LogP contribution is -2.47. The topological polar surface area (TPSA) is 187 Å². The zero-order valence-electron chi connectivity index (χ0n) is 35.8. The van der Waals surface area contributed by atoms with Gasteiger partial charge in [-0.25, -0.2) is 24.1 Å². The maximum atomic E-state index is 13.5. The number of nitrogens with one attached hydrogen (secondary N) is 2. The van der Waals surface area contributed by atoms with E-state index >= 15 is 0 Å². The Labute approximate surface area is 363 Å². The molecule has 1 unspecified atom stereocenters. The van der Waals surface area contributed by atoms with E-state index in [1.807, 2.05) is 49.4 Å². The maximum absolute atomic E-state index is 13.5. The summed E-state index contributed by atoms with van der Waals surface area (Å²) in [7, 11) is 1.73. The van der Waals surface area contributed by atoms with Gasteiger partial charge in [0.15, 0.2) is 11.5 Å². The van der Waals surface area contributed by atoms with Gasteiger partial charge < -0.3 is 20.1 Å². The van der Waals surface area contributed by atoms with Gasteiger partial charge in [0.1, 0.15) is 17.0 Å². The Balaban J connectivity index is 0.768. The molecular weight excluding hydrogens is 803 g/mol. The number of fused-ring (bicyclic) bond motifs is 3. The zero-order valence-corrected chi connectivity index (χ0v) is 35.8. The van der Waals surface area contributed by atoms with Crippen molar-refractivity contribution in [1.29, 1.82) is 0 Å². The van der Waals surface area contributed by atoms with E-state index in [4.69, 9.17) is 14.7 Å². The average Bonchev–Trinajstić information content (AvgIpc) is 3.87. The van der Waals surface area contributed by atoms with Crippen LogP contribution in [0.3, 0.4) is 0 Å². The number of pyridine rings is 1. The number of hydrogen-bond acceptors (Lipinski definition) is 12. The highest BCUT2D eigenvalue weighted by molar-refractivity contribution is 6.00. The van der Waals surface area contributed by atoms with Gasteiger partial charge in [-0.1, -0.05) is 31.2 Å². The second-order valence-corrected chi connectivity index (χ2v) is 16.7. The van der Waals surface area contributed by atoms with E-state index in [9.17, 15) is 24.3 Å². The molecule has 63 heavy (non-hydrogen) atoms. The molecule has 3 aliphatic rings. The van der Waals surface area contributed by atoms with E-state index in [-0.39, 0.29) is 30.1 Å². The second-order valence-electron chi connectivity index (χ2n) is 16.7. The van der Waals surface area contributed by atoms with Crippen LogP contribution in [0.2, 0.25) is 0 Å². The van der Waals surface area contributed by atoms with E-state index in [2.05, 4.69) is 44.1 Å². The number of piperidine rings is 1. The molecule has 0 bridgehead atoms. The first-order chi connectivity index (χ1) is 30.6. The zero-order chi connectivity index (χ0) is 43.8. The Morgan fingerprint density at radius 3 is 2.57 bits per heavy atom. The van der Waals surface area contributed by atoms with Crippen LogP contribution < -0.4 is 26.8 Å². The quantitative estimate of drug-likeness (QED) is 0.0771. The third kappa shape index (κ3) is 7.96. The highest BCUT2D eigenvalue weighted by atomic mass is 16.5. The van der Waals surface area contributed by atoms with Crippen molar-refractivity contribution in [3.05, 3.63) is 111 Å². The molecule has 17 heteroatoms. The van der Waals surface area contributed by atoms with Crippen molar-refractivity contribution in [1.82, 2.24) is 43.7 Å². The summed E-state index contributed by atoms with van der Waals surface area (Å²) in [6, 6.07) is 17.1. The van der Waals surface area contributed by atoms with Crippen LogP contribution in [-0.4, -0.2) is 101 Å². The van der Waals surface area contributed by atoms with Gasteiger partial charge in [0, 0.05) is 70.4 Å². The molecule has 0 radical (unpaired) electrons. The van der Waals surface area contributed by atoms with Crippen molar-refractivity contribution in [3.63, 3.8) is 0 Å². The number of aryl methyl sites for hydroxylation is 3. The standard InChI is InChI=1S/C46H53N11O6/c1-4-21-55-43(60)34-29-47-44(51-41(34)57(55)37-17-11-31-19-20-46(62,5-2)40(31)49-37)48-32-12-14-33(15-13-32)54-24-22-53(23-25-54)26-28-63-27-7-9-30-8-6-10-35-39(30)52(3)45(61)56(35)36-16-18-38(58)50-42(36)59/h4,6,8,10-15,17,29,36,62H,1,5,7,9,16,18-28H2,2-3H3,(H,47,48,51)(H,50,58,59)/t36?,46-/m1/s1. The molecule has 2 fully saturated rings. The van der Waals surface area contributed by atoms with E-state index in [1.54, 1.807) is 22.4 Å².